The second kappa shape index (κ2) is 3.27. The molecule has 0 atom stereocenters. The molecule has 1 heteroatoms. The molecule has 2 aromatic carbocycles. The van der Waals surface area contributed by atoms with Gasteiger partial charge in [0, 0.05) is 0 Å². The zero-order valence-electron chi connectivity index (χ0n) is 7.66. The molecule has 0 unspecified atom stereocenters. The Hall–Kier alpha value is -1.04. The Kier molecular flexibility index (Phi) is 1.93. The van der Waals surface area contributed by atoms with Crippen molar-refractivity contribution in [3.05, 3.63) is 59.7 Å². The van der Waals surface area contributed by atoms with Crippen LogP contribution in [0.25, 0.3) is 0 Å². The Balaban J connectivity index is 2.12. The second-order valence-electron chi connectivity index (χ2n) is 3.40. The Bertz CT molecular complexity index is 387. The minimum absolute atomic E-state index is 0.488. The third-order valence-corrected chi connectivity index (χ3v) is 5.02. The van der Waals surface area contributed by atoms with E-state index >= 15 is 0 Å². The Labute approximate surface area is 90.1 Å². The van der Waals surface area contributed by atoms with Crippen molar-refractivity contribution in [1.82, 2.24) is 0 Å². The first-order chi connectivity index (χ1) is 6.93. The minimum atomic E-state index is 0.488. The molecular weight excluding hydrogens is 235 g/mol. The molecule has 1 heterocycles. The molecule has 0 amide bonds. The Morgan fingerprint density at radius 3 is 2.86 bits per heavy atom. The van der Waals surface area contributed by atoms with Crippen molar-refractivity contribution in [2.75, 3.05) is 0 Å². The van der Waals surface area contributed by atoms with E-state index in [0.717, 1.165) is 6.42 Å². The summed E-state index contributed by atoms with van der Waals surface area (Å²) in [6, 6.07) is 18.4. The molecule has 3 rings (SSSR count). The van der Waals surface area contributed by atoms with Crippen molar-refractivity contribution in [1.29, 1.82) is 0 Å². The van der Waals surface area contributed by atoms with E-state index in [1.54, 1.807) is 0 Å². The number of benzene rings is 2. The summed E-state index contributed by atoms with van der Waals surface area (Å²) >= 11 is 0.488. The van der Waals surface area contributed by atoms with Gasteiger partial charge in [-0.3, -0.25) is 0 Å². The molecule has 1 radical (unpaired) electrons. The molecule has 0 bridgehead atoms. The van der Waals surface area contributed by atoms with Crippen LogP contribution in [0.4, 0.5) is 0 Å². The van der Waals surface area contributed by atoms with Crippen LogP contribution in [0.15, 0.2) is 42.5 Å². The van der Waals surface area contributed by atoms with Gasteiger partial charge < -0.3 is 0 Å². The van der Waals surface area contributed by atoms with Crippen LogP contribution in [-0.4, -0.2) is 15.0 Å². The standard InChI is InChI=1S/C13H9Se/c1-3-7-12-10(5-1)9-11-6-2-4-8-13(11)14-12/h1-5,7-8H,9H2. The Morgan fingerprint density at radius 2 is 1.86 bits per heavy atom. The molecule has 1 aliphatic rings. The zero-order chi connectivity index (χ0) is 9.38. The number of hydrogen-bond acceptors (Lipinski definition) is 0. The van der Waals surface area contributed by atoms with Crippen LogP contribution in [0.3, 0.4) is 0 Å². The van der Waals surface area contributed by atoms with Crippen molar-refractivity contribution in [3.63, 3.8) is 0 Å². The molecule has 0 fully saturated rings. The van der Waals surface area contributed by atoms with Gasteiger partial charge in [0.15, 0.2) is 0 Å². The predicted molar refractivity (Wildman–Crippen MR) is 59.5 cm³/mol. The first kappa shape index (κ1) is 8.28. The van der Waals surface area contributed by atoms with Gasteiger partial charge in [0.2, 0.25) is 0 Å². The van der Waals surface area contributed by atoms with E-state index in [0.29, 0.717) is 15.0 Å². The number of hydrogen-bond donors (Lipinski definition) is 0. The zero-order valence-corrected chi connectivity index (χ0v) is 9.37. The molecule has 0 aromatic heterocycles. The first-order valence-corrected chi connectivity index (χ1v) is 6.40. The average Bonchev–Trinajstić information content (AvgIpc) is 2.26. The molecule has 0 aliphatic carbocycles. The summed E-state index contributed by atoms with van der Waals surface area (Å²) in [5, 5.41) is 0. The van der Waals surface area contributed by atoms with Gasteiger partial charge in [0.25, 0.3) is 0 Å². The third-order valence-electron chi connectivity index (χ3n) is 2.46. The van der Waals surface area contributed by atoms with Crippen molar-refractivity contribution >= 4 is 23.9 Å². The first-order valence-electron chi connectivity index (χ1n) is 4.69. The fraction of sp³-hybridized carbons (Fsp3) is 0.0769. The molecule has 0 saturated carbocycles. The van der Waals surface area contributed by atoms with E-state index in [-0.39, 0.29) is 0 Å². The van der Waals surface area contributed by atoms with Gasteiger partial charge in [0.1, 0.15) is 0 Å². The summed E-state index contributed by atoms with van der Waals surface area (Å²) < 4.78 is 3.03. The van der Waals surface area contributed by atoms with Crippen molar-refractivity contribution in [3.8, 4) is 0 Å². The molecule has 2 aromatic rings. The molecule has 0 spiro atoms. The summed E-state index contributed by atoms with van der Waals surface area (Å²) in [7, 11) is 0. The van der Waals surface area contributed by atoms with Gasteiger partial charge in [-0.25, -0.2) is 0 Å². The number of rotatable bonds is 0. The van der Waals surface area contributed by atoms with Gasteiger partial charge >= 0.3 is 90.0 Å². The summed E-state index contributed by atoms with van der Waals surface area (Å²) in [4.78, 5) is 0. The van der Waals surface area contributed by atoms with Crippen molar-refractivity contribution in [2.24, 2.45) is 0 Å². The van der Waals surface area contributed by atoms with Crippen LogP contribution in [-0.2, 0) is 6.42 Å². The normalized spacial score (nSPS) is 13.1. The fourth-order valence-electron chi connectivity index (χ4n) is 1.75. The van der Waals surface area contributed by atoms with Crippen molar-refractivity contribution < 1.29 is 0 Å². The molecule has 14 heavy (non-hydrogen) atoms. The van der Waals surface area contributed by atoms with Gasteiger partial charge in [0.05, 0.1) is 0 Å². The van der Waals surface area contributed by atoms with E-state index in [4.69, 9.17) is 0 Å². The van der Waals surface area contributed by atoms with Crippen LogP contribution in [0.1, 0.15) is 11.1 Å². The molecule has 0 saturated heterocycles. The predicted octanol–water partition coefficient (Wildman–Crippen LogP) is 1.05. The van der Waals surface area contributed by atoms with Gasteiger partial charge in [-0.05, 0) is 0 Å². The van der Waals surface area contributed by atoms with Crippen molar-refractivity contribution in [2.45, 2.75) is 6.42 Å². The molecule has 67 valence electrons. The van der Waals surface area contributed by atoms with E-state index < -0.39 is 0 Å². The van der Waals surface area contributed by atoms with E-state index in [2.05, 4.69) is 42.5 Å². The third kappa shape index (κ3) is 1.30. The summed E-state index contributed by atoms with van der Waals surface area (Å²) in [6.07, 6.45) is 1.06. The van der Waals surface area contributed by atoms with Crippen LogP contribution < -0.4 is 8.92 Å². The SMILES string of the molecule is [c]1cccc2c1Cc1ccccc1[Se]2. The number of fused-ring (bicyclic) bond motifs is 2. The monoisotopic (exact) mass is 245 g/mol. The van der Waals surface area contributed by atoms with Gasteiger partial charge in [-0.1, -0.05) is 0 Å². The van der Waals surface area contributed by atoms with Crippen LogP contribution in [0.2, 0.25) is 0 Å². The molecular formula is C13H9Se. The van der Waals surface area contributed by atoms with E-state index in [1.807, 2.05) is 6.07 Å². The van der Waals surface area contributed by atoms with E-state index in [1.165, 1.54) is 20.1 Å². The summed E-state index contributed by atoms with van der Waals surface area (Å²) in [5.74, 6) is 0. The molecule has 0 N–H and O–H groups in total. The maximum atomic E-state index is 3.35. The van der Waals surface area contributed by atoms with Crippen LogP contribution >= 0.6 is 0 Å². The second-order valence-corrected chi connectivity index (χ2v) is 5.67. The van der Waals surface area contributed by atoms with Gasteiger partial charge in [-0.2, -0.15) is 0 Å². The van der Waals surface area contributed by atoms with Crippen LogP contribution in [0.5, 0.6) is 0 Å². The van der Waals surface area contributed by atoms with Crippen LogP contribution in [0, 0.1) is 6.07 Å². The molecule has 1 aliphatic heterocycles. The molecule has 0 nitrogen and oxygen atoms in total. The summed E-state index contributed by atoms with van der Waals surface area (Å²) in [5.41, 5.74) is 2.88. The quantitative estimate of drug-likeness (QED) is 0.518. The fourth-order valence-corrected chi connectivity index (χ4v) is 3.96. The average molecular weight is 244 g/mol. The topological polar surface area (TPSA) is 0 Å². The van der Waals surface area contributed by atoms with E-state index in [9.17, 15) is 0 Å². The Morgan fingerprint density at radius 1 is 1.00 bits per heavy atom. The maximum absolute atomic E-state index is 3.35. The summed E-state index contributed by atoms with van der Waals surface area (Å²) in [6.45, 7) is 0. The van der Waals surface area contributed by atoms with Gasteiger partial charge in [-0.15, -0.1) is 0 Å².